The first-order valence-corrected chi connectivity index (χ1v) is 13.2. The molecule has 4 heteroatoms. The van der Waals surface area contributed by atoms with Crippen molar-refractivity contribution in [2.45, 2.75) is 98.0 Å². The Hall–Kier alpha value is -0.870. The van der Waals surface area contributed by atoms with Gasteiger partial charge in [0.1, 0.15) is 0 Å². The van der Waals surface area contributed by atoms with Gasteiger partial charge in [-0.1, -0.05) is 52.2 Å². The molecule has 0 amide bonds. The Balaban J connectivity index is 0.00000119. The standard InChI is InChI=1S/C27H42O3.CH4O/c1-16-6-5-12-27(24(29)30)15-10-20-18(23(16)27)7-8-22-25(3)14-11-21(28)17(2)19(25)9-13-26(20,22)4;1-2/h7,16-17,19-23,28H,5-6,8-15H2,1-4H3,(H,29,30);2H,1H3. The molecule has 0 bridgehead atoms. The summed E-state index contributed by atoms with van der Waals surface area (Å²) < 4.78 is 0. The van der Waals surface area contributed by atoms with Crippen LogP contribution in [0, 0.1) is 51.8 Å². The molecule has 0 spiro atoms. The first-order valence-electron chi connectivity index (χ1n) is 13.2. The number of aliphatic carboxylic acids is 1. The predicted molar refractivity (Wildman–Crippen MR) is 127 cm³/mol. The summed E-state index contributed by atoms with van der Waals surface area (Å²) in [5.74, 6) is 2.47. The third kappa shape index (κ3) is 3.18. The molecular weight excluding hydrogens is 400 g/mol. The molecule has 5 rings (SSSR count). The summed E-state index contributed by atoms with van der Waals surface area (Å²) in [6, 6.07) is 0. The first-order chi connectivity index (χ1) is 15.1. The molecule has 0 aromatic carbocycles. The lowest BCUT2D eigenvalue weighted by Gasteiger charge is -2.66. The number of carboxylic acids is 1. The second kappa shape index (κ2) is 8.41. The highest BCUT2D eigenvalue weighted by Crippen LogP contribution is 2.70. The van der Waals surface area contributed by atoms with Gasteiger partial charge in [0.15, 0.2) is 0 Å². The van der Waals surface area contributed by atoms with Gasteiger partial charge in [0, 0.05) is 7.11 Å². The van der Waals surface area contributed by atoms with Crippen LogP contribution in [0.3, 0.4) is 0 Å². The van der Waals surface area contributed by atoms with Gasteiger partial charge in [0.25, 0.3) is 0 Å². The van der Waals surface area contributed by atoms with Crippen LogP contribution in [0.15, 0.2) is 11.6 Å². The number of aliphatic hydroxyl groups is 2. The molecule has 4 fully saturated rings. The second-order valence-corrected chi connectivity index (χ2v) is 12.5. The summed E-state index contributed by atoms with van der Waals surface area (Å²) in [5.41, 5.74) is 1.64. The van der Waals surface area contributed by atoms with Crippen LogP contribution in [0.2, 0.25) is 0 Å². The van der Waals surface area contributed by atoms with Gasteiger partial charge in [-0.3, -0.25) is 4.79 Å². The molecule has 182 valence electrons. The van der Waals surface area contributed by atoms with Crippen LogP contribution in [-0.2, 0) is 4.79 Å². The third-order valence-electron chi connectivity index (χ3n) is 11.6. The van der Waals surface area contributed by atoms with Crippen molar-refractivity contribution in [3.05, 3.63) is 11.6 Å². The minimum absolute atomic E-state index is 0.129. The van der Waals surface area contributed by atoms with Gasteiger partial charge in [0.05, 0.1) is 11.5 Å². The van der Waals surface area contributed by atoms with Gasteiger partial charge >= 0.3 is 5.97 Å². The fraction of sp³-hybridized carbons (Fsp3) is 0.893. The Morgan fingerprint density at radius 3 is 2.34 bits per heavy atom. The molecule has 10 atom stereocenters. The highest BCUT2D eigenvalue weighted by Gasteiger charge is 2.64. The molecule has 10 unspecified atom stereocenters. The van der Waals surface area contributed by atoms with Crippen molar-refractivity contribution in [3.63, 3.8) is 0 Å². The van der Waals surface area contributed by atoms with E-state index in [1.165, 1.54) is 19.3 Å². The Morgan fingerprint density at radius 1 is 0.969 bits per heavy atom. The van der Waals surface area contributed by atoms with Crippen molar-refractivity contribution in [1.29, 1.82) is 0 Å². The van der Waals surface area contributed by atoms with Gasteiger partial charge < -0.3 is 15.3 Å². The molecule has 5 aliphatic rings. The predicted octanol–water partition coefficient (Wildman–Crippen LogP) is 5.67. The van der Waals surface area contributed by atoms with Gasteiger partial charge in [-0.2, -0.15) is 0 Å². The van der Waals surface area contributed by atoms with E-state index in [1.807, 2.05) is 0 Å². The minimum atomic E-state index is -0.531. The fourth-order valence-corrected chi connectivity index (χ4v) is 10.1. The van der Waals surface area contributed by atoms with Crippen LogP contribution >= 0.6 is 0 Å². The number of carbonyl (C=O) groups is 1. The van der Waals surface area contributed by atoms with Crippen molar-refractivity contribution in [2.75, 3.05) is 7.11 Å². The molecule has 4 saturated carbocycles. The van der Waals surface area contributed by atoms with Gasteiger partial charge in [-0.25, -0.2) is 0 Å². The summed E-state index contributed by atoms with van der Waals surface area (Å²) in [4.78, 5) is 12.5. The maximum absolute atomic E-state index is 12.5. The number of rotatable bonds is 1. The van der Waals surface area contributed by atoms with E-state index in [0.29, 0.717) is 40.4 Å². The Kier molecular flexibility index (Phi) is 6.38. The van der Waals surface area contributed by atoms with E-state index in [2.05, 4.69) is 33.8 Å². The number of allylic oxidation sites excluding steroid dienone is 2. The van der Waals surface area contributed by atoms with E-state index < -0.39 is 11.4 Å². The van der Waals surface area contributed by atoms with Crippen molar-refractivity contribution < 1.29 is 20.1 Å². The zero-order valence-corrected chi connectivity index (χ0v) is 20.9. The molecule has 0 radical (unpaired) electrons. The summed E-state index contributed by atoms with van der Waals surface area (Å²) >= 11 is 0. The Labute approximate surface area is 194 Å². The summed E-state index contributed by atoms with van der Waals surface area (Å²) in [5, 5.41) is 27.9. The average molecular weight is 447 g/mol. The Bertz CT molecular complexity index is 761. The summed E-state index contributed by atoms with van der Waals surface area (Å²) in [6.07, 6.45) is 13.2. The highest BCUT2D eigenvalue weighted by atomic mass is 16.4. The lowest BCUT2D eigenvalue weighted by molar-refractivity contribution is -0.170. The maximum atomic E-state index is 12.5. The molecule has 3 N–H and O–H groups in total. The molecule has 0 aromatic heterocycles. The van der Waals surface area contributed by atoms with Crippen molar-refractivity contribution in [3.8, 4) is 0 Å². The molecule has 4 nitrogen and oxygen atoms in total. The number of carboxylic acid groups (broad SMARTS) is 1. The van der Waals surface area contributed by atoms with Crippen LogP contribution < -0.4 is 0 Å². The van der Waals surface area contributed by atoms with E-state index >= 15 is 0 Å². The van der Waals surface area contributed by atoms with Crippen LogP contribution in [0.4, 0.5) is 0 Å². The summed E-state index contributed by atoms with van der Waals surface area (Å²) in [6.45, 7) is 9.70. The lowest BCUT2D eigenvalue weighted by atomic mass is 9.38. The molecule has 0 aliphatic heterocycles. The van der Waals surface area contributed by atoms with Crippen LogP contribution in [-0.4, -0.2) is 34.5 Å². The first kappa shape index (κ1) is 24.3. The van der Waals surface area contributed by atoms with Crippen LogP contribution in [0.25, 0.3) is 0 Å². The monoisotopic (exact) mass is 446 g/mol. The third-order valence-corrected chi connectivity index (χ3v) is 11.6. The lowest BCUT2D eigenvalue weighted by Crippen LogP contribution is -2.60. The van der Waals surface area contributed by atoms with Crippen molar-refractivity contribution in [1.82, 2.24) is 0 Å². The quantitative estimate of drug-likeness (QED) is 0.453. The smallest absolute Gasteiger partial charge is 0.310 e. The van der Waals surface area contributed by atoms with Crippen LogP contribution in [0.5, 0.6) is 0 Å². The average Bonchev–Trinajstić information content (AvgIpc) is 2.77. The van der Waals surface area contributed by atoms with Crippen molar-refractivity contribution in [2.24, 2.45) is 51.8 Å². The van der Waals surface area contributed by atoms with E-state index in [-0.39, 0.29) is 12.0 Å². The Morgan fingerprint density at radius 2 is 1.66 bits per heavy atom. The van der Waals surface area contributed by atoms with E-state index in [0.717, 1.165) is 52.1 Å². The van der Waals surface area contributed by atoms with E-state index in [1.54, 1.807) is 5.57 Å². The fourth-order valence-electron chi connectivity index (χ4n) is 10.1. The number of hydrogen-bond acceptors (Lipinski definition) is 3. The topological polar surface area (TPSA) is 77.8 Å². The van der Waals surface area contributed by atoms with E-state index in [9.17, 15) is 15.0 Å². The zero-order valence-electron chi connectivity index (χ0n) is 20.9. The van der Waals surface area contributed by atoms with Gasteiger partial charge in [-0.05, 0) is 97.7 Å². The van der Waals surface area contributed by atoms with E-state index in [4.69, 9.17) is 5.11 Å². The molecule has 32 heavy (non-hydrogen) atoms. The minimum Gasteiger partial charge on any atom is -0.481 e. The molecule has 0 aromatic rings. The summed E-state index contributed by atoms with van der Waals surface area (Å²) in [7, 11) is 1.00. The molecular formula is C28H46O4. The van der Waals surface area contributed by atoms with Gasteiger partial charge in [-0.15, -0.1) is 0 Å². The second-order valence-electron chi connectivity index (χ2n) is 12.5. The van der Waals surface area contributed by atoms with Crippen molar-refractivity contribution >= 4 is 5.97 Å². The molecule has 5 aliphatic carbocycles. The normalized spacial score (nSPS) is 52.1. The number of hydrogen-bond donors (Lipinski definition) is 3. The largest absolute Gasteiger partial charge is 0.481 e. The maximum Gasteiger partial charge on any atom is 0.310 e. The highest BCUT2D eigenvalue weighted by molar-refractivity contribution is 5.76. The van der Waals surface area contributed by atoms with Gasteiger partial charge in [0.2, 0.25) is 0 Å². The number of aliphatic hydroxyl groups excluding tert-OH is 2. The SMILES string of the molecule is CC1CCCC2(C(=O)O)CCC3C(=CCC4C3(C)CCC3C(C)C(O)CCC34C)C12.CO. The number of fused-ring (bicyclic) bond motifs is 7. The molecule has 0 heterocycles. The zero-order chi connectivity index (χ0) is 23.5. The van der Waals surface area contributed by atoms with Crippen LogP contribution in [0.1, 0.15) is 91.9 Å². The molecule has 0 saturated heterocycles.